The predicted molar refractivity (Wildman–Crippen MR) is 85.9 cm³/mol. The van der Waals surface area contributed by atoms with Crippen molar-refractivity contribution in [1.29, 1.82) is 0 Å². The molecule has 1 aromatic heterocycles. The monoisotopic (exact) mass is 312 g/mol. The smallest absolute Gasteiger partial charge is 0.336 e. The number of thiophene rings is 1. The molecule has 0 bridgehead atoms. The van der Waals surface area contributed by atoms with Gasteiger partial charge in [0.1, 0.15) is 0 Å². The maximum Gasteiger partial charge on any atom is 0.336 e. The molecular weight excluding hydrogens is 300 g/mol. The van der Waals surface area contributed by atoms with Gasteiger partial charge in [0.25, 0.3) is 0 Å². The minimum atomic E-state index is -1.12. The number of rotatable bonds is 3. The van der Waals surface area contributed by atoms with Gasteiger partial charge in [-0.25, -0.2) is 9.59 Å². The van der Waals surface area contributed by atoms with Gasteiger partial charge in [-0.05, 0) is 47.2 Å². The molecule has 0 saturated carbocycles. The van der Waals surface area contributed by atoms with E-state index in [9.17, 15) is 19.8 Å². The SMILES string of the molecule is Cc1c(C(=O)O)ccc(-c2cccc3sccc23)c1C(=O)O. The number of carboxylic acid groups (broad SMARTS) is 2. The highest BCUT2D eigenvalue weighted by molar-refractivity contribution is 7.17. The minimum absolute atomic E-state index is 0.0126. The molecule has 0 amide bonds. The summed E-state index contributed by atoms with van der Waals surface area (Å²) in [6, 6.07) is 10.7. The first kappa shape index (κ1) is 14.3. The van der Waals surface area contributed by atoms with Crippen molar-refractivity contribution in [2.75, 3.05) is 0 Å². The van der Waals surface area contributed by atoms with Gasteiger partial charge in [-0.1, -0.05) is 18.2 Å². The Kier molecular flexibility index (Phi) is 3.42. The van der Waals surface area contributed by atoms with Crippen molar-refractivity contribution in [3.63, 3.8) is 0 Å². The van der Waals surface area contributed by atoms with Crippen molar-refractivity contribution in [2.45, 2.75) is 6.92 Å². The van der Waals surface area contributed by atoms with Gasteiger partial charge < -0.3 is 10.2 Å². The molecule has 2 aromatic carbocycles. The number of fused-ring (bicyclic) bond motifs is 1. The molecule has 0 aliphatic carbocycles. The van der Waals surface area contributed by atoms with E-state index in [1.54, 1.807) is 17.4 Å². The average Bonchev–Trinajstić information content (AvgIpc) is 2.94. The Morgan fingerprint density at radius 3 is 2.41 bits per heavy atom. The van der Waals surface area contributed by atoms with E-state index in [2.05, 4.69) is 0 Å². The Labute approximate surface area is 130 Å². The van der Waals surface area contributed by atoms with Crippen LogP contribution in [0.15, 0.2) is 41.8 Å². The zero-order chi connectivity index (χ0) is 15.9. The maximum atomic E-state index is 11.7. The summed E-state index contributed by atoms with van der Waals surface area (Å²) in [5.74, 6) is -2.25. The summed E-state index contributed by atoms with van der Waals surface area (Å²) in [7, 11) is 0. The molecule has 1 heterocycles. The average molecular weight is 312 g/mol. The molecule has 0 aliphatic rings. The zero-order valence-corrected chi connectivity index (χ0v) is 12.5. The zero-order valence-electron chi connectivity index (χ0n) is 11.7. The number of hydrogen-bond acceptors (Lipinski definition) is 3. The van der Waals surface area contributed by atoms with Gasteiger partial charge in [-0.3, -0.25) is 0 Å². The van der Waals surface area contributed by atoms with Crippen LogP contribution >= 0.6 is 11.3 Å². The Morgan fingerprint density at radius 1 is 0.955 bits per heavy atom. The van der Waals surface area contributed by atoms with Crippen LogP contribution in [0.3, 0.4) is 0 Å². The summed E-state index contributed by atoms with van der Waals surface area (Å²) in [6.07, 6.45) is 0. The summed E-state index contributed by atoms with van der Waals surface area (Å²) < 4.78 is 1.06. The van der Waals surface area contributed by atoms with Crippen LogP contribution in [0.5, 0.6) is 0 Å². The molecule has 0 saturated heterocycles. The summed E-state index contributed by atoms with van der Waals surface area (Å²) in [4.78, 5) is 22.9. The fraction of sp³-hybridized carbons (Fsp3) is 0.0588. The molecule has 2 N–H and O–H groups in total. The van der Waals surface area contributed by atoms with Gasteiger partial charge in [-0.15, -0.1) is 11.3 Å². The highest BCUT2D eigenvalue weighted by Gasteiger charge is 2.21. The summed E-state index contributed by atoms with van der Waals surface area (Å²) in [5.41, 5.74) is 1.66. The lowest BCUT2D eigenvalue weighted by Gasteiger charge is -2.12. The van der Waals surface area contributed by atoms with Crippen LogP contribution < -0.4 is 0 Å². The van der Waals surface area contributed by atoms with E-state index in [4.69, 9.17) is 0 Å². The quantitative estimate of drug-likeness (QED) is 0.757. The van der Waals surface area contributed by atoms with Gasteiger partial charge in [0, 0.05) is 10.1 Å². The predicted octanol–water partition coefficient (Wildman–Crippen LogP) is 4.27. The Morgan fingerprint density at radius 2 is 1.73 bits per heavy atom. The van der Waals surface area contributed by atoms with Gasteiger partial charge >= 0.3 is 11.9 Å². The molecule has 110 valence electrons. The van der Waals surface area contributed by atoms with E-state index in [-0.39, 0.29) is 16.7 Å². The van der Waals surface area contributed by atoms with Crippen molar-refractivity contribution in [3.05, 3.63) is 58.5 Å². The highest BCUT2D eigenvalue weighted by atomic mass is 32.1. The van der Waals surface area contributed by atoms with Crippen molar-refractivity contribution in [3.8, 4) is 11.1 Å². The largest absolute Gasteiger partial charge is 0.478 e. The van der Waals surface area contributed by atoms with Gasteiger partial charge in [0.05, 0.1) is 11.1 Å². The fourth-order valence-electron chi connectivity index (χ4n) is 2.67. The van der Waals surface area contributed by atoms with E-state index >= 15 is 0 Å². The number of hydrogen-bond donors (Lipinski definition) is 2. The molecule has 3 rings (SSSR count). The third-order valence-corrected chi connectivity index (χ3v) is 4.58. The van der Waals surface area contributed by atoms with Gasteiger partial charge in [0.2, 0.25) is 0 Å². The van der Waals surface area contributed by atoms with E-state index < -0.39 is 11.9 Å². The van der Waals surface area contributed by atoms with E-state index in [0.717, 1.165) is 15.6 Å². The van der Waals surface area contributed by atoms with Crippen LogP contribution in [0.2, 0.25) is 0 Å². The van der Waals surface area contributed by atoms with Crippen LogP contribution in [0.1, 0.15) is 26.3 Å². The molecular formula is C17H12O4S. The number of carbonyl (C=O) groups is 2. The lowest BCUT2D eigenvalue weighted by atomic mass is 9.91. The third kappa shape index (κ3) is 2.16. The molecule has 5 heteroatoms. The molecule has 0 unspecified atom stereocenters. The second-order valence-corrected chi connectivity index (χ2v) is 5.86. The summed E-state index contributed by atoms with van der Waals surface area (Å²) in [5, 5.41) is 21.6. The lowest BCUT2D eigenvalue weighted by molar-refractivity contribution is 0.0696. The molecule has 0 radical (unpaired) electrons. The van der Waals surface area contributed by atoms with Crippen molar-refractivity contribution in [2.24, 2.45) is 0 Å². The number of carboxylic acids is 2. The van der Waals surface area contributed by atoms with Gasteiger partial charge in [-0.2, -0.15) is 0 Å². The topological polar surface area (TPSA) is 74.6 Å². The van der Waals surface area contributed by atoms with Gasteiger partial charge in [0.15, 0.2) is 0 Å². The van der Waals surface area contributed by atoms with Crippen LogP contribution in [0, 0.1) is 6.92 Å². The first-order valence-corrected chi connectivity index (χ1v) is 7.45. The minimum Gasteiger partial charge on any atom is -0.478 e. The third-order valence-electron chi connectivity index (χ3n) is 3.70. The van der Waals surface area contributed by atoms with E-state index in [1.807, 2.05) is 29.6 Å². The lowest BCUT2D eigenvalue weighted by Crippen LogP contribution is -2.09. The van der Waals surface area contributed by atoms with Crippen LogP contribution in [-0.2, 0) is 0 Å². The molecule has 0 fully saturated rings. The molecule has 0 atom stereocenters. The standard InChI is InChI=1S/C17H12O4S/c1-9-10(16(18)19)5-6-13(15(9)17(20)21)11-3-2-4-14-12(11)7-8-22-14/h2-8H,1H3,(H,18,19)(H,20,21). The molecule has 0 aliphatic heterocycles. The molecule has 3 aromatic rings. The second-order valence-electron chi connectivity index (χ2n) is 4.91. The number of benzene rings is 2. The van der Waals surface area contributed by atoms with Crippen molar-refractivity contribution < 1.29 is 19.8 Å². The molecule has 22 heavy (non-hydrogen) atoms. The molecule has 4 nitrogen and oxygen atoms in total. The summed E-state index contributed by atoms with van der Waals surface area (Å²) in [6.45, 7) is 1.53. The Bertz CT molecular complexity index is 908. The number of aromatic carboxylic acids is 2. The first-order valence-electron chi connectivity index (χ1n) is 6.57. The van der Waals surface area contributed by atoms with Crippen molar-refractivity contribution in [1.82, 2.24) is 0 Å². The normalized spacial score (nSPS) is 10.8. The van der Waals surface area contributed by atoms with E-state index in [1.165, 1.54) is 13.0 Å². The first-order chi connectivity index (χ1) is 10.5. The van der Waals surface area contributed by atoms with E-state index in [0.29, 0.717) is 5.56 Å². The van der Waals surface area contributed by atoms with Crippen LogP contribution in [0.4, 0.5) is 0 Å². The fourth-order valence-corrected chi connectivity index (χ4v) is 3.49. The maximum absolute atomic E-state index is 11.7. The Hall–Kier alpha value is -2.66. The summed E-state index contributed by atoms with van der Waals surface area (Å²) >= 11 is 1.58. The Balaban J connectivity index is 2.36. The van der Waals surface area contributed by atoms with Crippen LogP contribution in [0.25, 0.3) is 21.2 Å². The van der Waals surface area contributed by atoms with Crippen LogP contribution in [-0.4, -0.2) is 22.2 Å². The highest BCUT2D eigenvalue weighted by Crippen LogP contribution is 2.35. The second kappa shape index (κ2) is 5.27. The van der Waals surface area contributed by atoms with Crippen molar-refractivity contribution >= 4 is 33.4 Å². The molecule has 0 spiro atoms.